The number of nitrogens with one attached hydrogen (secondary N) is 1. The van der Waals surface area contributed by atoms with Crippen LogP contribution in [-0.4, -0.2) is 14.8 Å². The van der Waals surface area contributed by atoms with Gasteiger partial charge < -0.3 is 4.74 Å². The van der Waals surface area contributed by atoms with Crippen molar-refractivity contribution in [1.82, 2.24) is 14.8 Å². The quantitative estimate of drug-likeness (QED) is 0.364. The molecule has 1 heterocycles. The summed E-state index contributed by atoms with van der Waals surface area (Å²) in [6, 6.07) is 25.9. The Morgan fingerprint density at radius 3 is 2.41 bits per heavy atom. The van der Waals surface area contributed by atoms with Crippen LogP contribution in [0.15, 0.2) is 78.9 Å². The molecule has 0 aliphatic rings. The standard InChI is InChI=1S/C23H20ClN3OS/c1-16(18-7-3-2-4-8-18)27-22(25-26-23(27)29)19-13-11-17(12-14-19)15-28-21-10-6-5-9-20(21)24/h2-14,16H,15H2,1H3,(H,26,29)/t16-/m1/s1. The molecule has 0 spiro atoms. The van der Waals surface area contributed by atoms with Crippen LogP contribution in [0.4, 0.5) is 0 Å². The normalized spacial score (nSPS) is 11.9. The summed E-state index contributed by atoms with van der Waals surface area (Å²) in [7, 11) is 0. The van der Waals surface area contributed by atoms with Crippen LogP contribution >= 0.6 is 23.8 Å². The predicted molar refractivity (Wildman–Crippen MR) is 119 cm³/mol. The van der Waals surface area contributed by atoms with Crippen molar-refractivity contribution in [1.29, 1.82) is 0 Å². The maximum Gasteiger partial charge on any atom is 0.196 e. The lowest BCUT2D eigenvalue weighted by atomic mass is 10.1. The van der Waals surface area contributed by atoms with Crippen LogP contribution in [0, 0.1) is 4.77 Å². The highest BCUT2D eigenvalue weighted by Crippen LogP contribution is 2.27. The number of H-pyrrole nitrogens is 1. The topological polar surface area (TPSA) is 42.8 Å². The third-order valence-electron chi connectivity index (χ3n) is 4.82. The van der Waals surface area contributed by atoms with Crippen molar-refractivity contribution >= 4 is 23.8 Å². The van der Waals surface area contributed by atoms with Crippen molar-refractivity contribution in [2.75, 3.05) is 0 Å². The number of ether oxygens (including phenoxy) is 1. The first-order chi connectivity index (χ1) is 14.1. The van der Waals surface area contributed by atoms with Gasteiger partial charge in [0.25, 0.3) is 0 Å². The molecule has 0 fully saturated rings. The number of aromatic amines is 1. The third kappa shape index (κ3) is 4.26. The van der Waals surface area contributed by atoms with E-state index in [0.29, 0.717) is 22.2 Å². The smallest absolute Gasteiger partial charge is 0.196 e. The molecule has 1 aromatic heterocycles. The fourth-order valence-corrected chi connectivity index (χ4v) is 3.70. The highest BCUT2D eigenvalue weighted by atomic mass is 35.5. The van der Waals surface area contributed by atoms with Crippen molar-refractivity contribution in [2.24, 2.45) is 0 Å². The second kappa shape index (κ2) is 8.64. The van der Waals surface area contributed by atoms with Crippen LogP contribution in [0.3, 0.4) is 0 Å². The minimum Gasteiger partial charge on any atom is -0.487 e. The van der Waals surface area contributed by atoms with Gasteiger partial charge in [-0.2, -0.15) is 5.10 Å². The lowest BCUT2D eigenvalue weighted by Gasteiger charge is -2.16. The monoisotopic (exact) mass is 421 g/mol. The Bertz CT molecular complexity index is 1150. The van der Waals surface area contributed by atoms with Crippen molar-refractivity contribution < 1.29 is 4.74 Å². The van der Waals surface area contributed by atoms with Crippen LogP contribution < -0.4 is 4.74 Å². The number of aromatic nitrogens is 3. The number of halogens is 1. The summed E-state index contributed by atoms with van der Waals surface area (Å²) >= 11 is 11.6. The van der Waals surface area contributed by atoms with E-state index in [1.807, 2.05) is 71.3 Å². The zero-order valence-electron chi connectivity index (χ0n) is 15.9. The average Bonchev–Trinajstić information content (AvgIpc) is 3.15. The summed E-state index contributed by atoms with van der Waals surface area (Å²) in [5.74, 6) is 1.49. The Labute approximate surface area is 179 Å². The van der Waals surface area contributed by atoms with Crippen molar-refractivity contribution in [3.05, 3.63) is 99.8 Å². The first-order valence-corrected chi connectivity index (χ1v) is 10.1. The van der Waals surface area contributed by atoms with Crippen molar-refractivity contribution in [3.63, 3.8) is 0 Å². The summed E-state index contributed by atoms with van der Waals surface area (Å²) in [6.07, 6.45) is 0. The molecule has 4 rings (SSSR count). The van der Waals surface area contributed by atoms with Gasteiger partial charge in [-0.15, -0.1) is 0 Å². The summed E-state index contributed by atoms with van der Waals surface area (Å²) in [4.78, 5) is 0. The molecule has 3 aromatic carbocycles. The van der Waals surface area contributed by atoms with E-state index >= 15 is 0 Å². The summed E-state index contributed by atoms with van der Waals surface area (Å²) in [5, 5.41) is 8.00. The largest absolute Gasteiger partial charge is 0.487 e. The Morgan fingerprint density at radius 1 is 1.00 bits per heavy atom. The van der Waals surface area contributed by atoms with Gasteiger partial charge in [0.1, 0.15) is 12.4 Å². The lowest BCUT2D eigenvalue weighted by molar-refractivity contribution is 0.306. The van der Waals surface area contributed by atoms with E-state index in [4.69, 9.17) is 28.6 Å². The molecule has 146 valence electrons. The van der Waals surface area contributed by atoms with Crippen LogP contribution in [0.5, 0.6) is 5.75 Å². The number of rotatable bonds is 6. The Hall–Kier alpha value is -2.89. The second-order valence-electron chi connectivity index (χ2n) is 6.73. The molecule has 0 unspecified atom stereocenters. The SMILES string of the molecule is C[C@H](c1ccccc1)n1c(-c2ccc(COc3ccccc3Cl)cc2)n[nH]c1=S. The summed E-state index contributed by atoms with van der Waals surface area (Å²) in [6.45, 7) is 2.56. The van der Waals surface area contributed by atoms with Gasteiger partial charge in [0.05, 0.1) is 11.1 Å². The minimum atomic E-state index is 0.0701. The van der Waals surface area contributed by atoms with Gasteiger partial charge in [0.15, 0.2) is 10.6 Å². The van der Waals surface area contributed by atoms with Crippen LogP contribution in [0.2, 0.25) is 5.02 Å². The summed E-state index contributed by atoms with van der Waals surface area (Å²) < 4.78 is 8.46. The molecule has 0 radical (unpaired) electrons. The molecule has 0 amide bonds. The van der Waals surface area contributed by atoms with Gasteiger partial charge in [-0.05, 0) is 42.4 Å². The number of hydrogen-bond donors (Lipinski definition) is 1. The molecular formula is C23H20ClN3OS. The molecule has 0 aliphatic heterocycles. The van der Waals surface area contributed by atoms with Crippen LogP contribution in [0.25, 0.3) is 11.4 Å². The predicted octanol–water partition coefficient (Wildman–Crippen LogP) is 6.45. The van der Waals surface area contributed by atoms with Crippen molar-refractivity contribution in [3.8, 4) is 17.1 Å². The van der Waals surface area contributed by atoms with Crippen LogP contribution in [0.1, 0.15) is 24.1 Å². The molecule has 4 aromatic rings. The van der Waals surface area contributed by atoms with Crippen molar-refractivity contribution in [2.45, 2.75) is 19.6 Å². The molecule has 4 nitrogen and oxygen atoms in total. The zero-order valence-corrected chi connectivity index (χ0v) is 17.5. The number of hydrogen-bond acceptors (Lipinski definition) is 3. The highest BCUT2D eigenvalue weighted by Gasteiger charge is 2.16. The maximum absolute atomic E-state index is 6.15. The number of nitrogens with zero attached hydrogens (tertiary/aromatic N) is 2. The lowest BCUT2D eigenvalue weighted by Crippen LogP contribution is -2.08. The maximum atomic E-state index is 6.15. The van der Waals surface area contributed by atoms with Crippen LogP contribution in [-0.2, 0) is 6.61 Å². The fraction of sp³-hybridized carbons (Fsp3) is 0.130. The van der Waals surface area contributed by atoms with Gasteiger partial charge >= 0.3 is 0 Å². The molecule has 0 saturated heterocycles. The average molecular weight is 422 g/mol. The molecule has 1 atom stereocenters. The van der Waals surface area contributed by atoms with E-state index in [-0.39, 0.29) is 6.04 Å². The number of benzene rings is 3. The molecule has 1 N–H and O–H groups in total. The Kier molecular flexibility index (Phi) is 5.79. The first kappa shape index (κ1) is 19.4. The molecule has 0 bridgehead atoms. The van der Waals surface area contributed by atoms with E-state index in [1.165, 1.54) is 5.56 Å². The van der Waals surface area contributed by atoms with Gasteiger partial charge in [-0.25, -0.2) is 0 Å². The molecule has 29 heavy (non-hydrogen) atoms. The molecular weight excluding hydrogens is 402 g/mol. The molecule has 0 aliphatic carbocycles. The van der Waals surface area contributed by atoms with E-state index in [9.17, 15) is 0 Å². The van der Waals surface area contributed by atoms with E-state index in [2.05, 4.69) is 29.3 Å². The van der Waals surface area contributed by atoms with Gasteiger partial charge in [-0.3, -0.25) is 9.67 Å². The summed E-state index contributed by atoms with van der Waals surface area (Å²) in [5.41, 5.74) is 3.21. The first-order valence-electron chi connectivity index (χ1n) is 9.32. The minimum absolute atomic E-state index is 0.0701. The second-order valence-corrected chi connectivity index (χ2v) is 7.52. The highest BCUT2D eigenvalue weighted by molar-refractivity contribution is 7.71. The van der Waals surface area contributed by atoms with E-state index in [1.54, 1.807) is 0 Å². The fourth-order valence-electron chi connectivity index (χ4n) is 3.22. The number of para-hydroxylation sites is 1. The van der Waals surface area contributed by atoms with Gasteiger partial charge in [0.2, 0.25) is 0 Å². The Morgan fingerprint density at radius 2 is 1.69 bits per heavy atom. The van der Waals surface area contributed by atoms with Gasteiger partial charge in [-0.1, -0.05) is 78.3 Å². The van der Waals surface area contributed by atoms with Gasteiger partial charge in [0, 0.05) is 5.56 Å². The Balaban J connectivity index is 1.56. The van der Waals surface area contributed by atoms with E-state index in [0.717, 1.165) is 17.0 Å². The third-order valence-corrected chi connectivity index (χ3v) is 5.42. The van der Waals surface area contributed by atoms with E-state index < -0.39 is 0 Å². The molecule has 6 heteroatoms. The molecule has 0 saturated carbocycles. The zero-order chi connectivity index (χ0) is 20.2.